The predicted molar refractivity (Wildman–Crippen MR) is 64.5 cm³/mol. The molecule has 0 aliphatic carbocycles. The Labute approximate surface area is 105 Å². The van der Waals surface area contributed by atoms with Gasteiger partial charge in [-0.1, -0.05) is 0 Å². The molecule has 7 nitrogen and oxygen atoms in total. The molecule has 0 atom stereocenters. The van der Waals surface area contributed by atoms with Crippen LogP contribution in [0.4, 0.5) is 10.6 Å². The van der Waals surface area contributed by atoms with E-state index in [4.69, 9.17) is 9.84 Å². The number of aryl methyl sites for hydroxylation is 1. The van der Waals surface area contributed by atoms with Gasteiger partial charge < -0.3 is 9.84 Å². The number of carbonyl (C=O) groups is 2. The molecule has 0 aliphatic rings. The molecule has 1 aromatic heterocycles. The highest BCUT2D eigenvalue weighted by molar-refractivity contribution is 5.81. The third kappa shape index (κ3) is 4.44. The normalized spacial score (nSPS) is 11.1. The number of aromatic nitrogens is 2. The molecular formula is C11H17N3O4. The Kier molecular flexibility index (Phi) is 3.95. The lowest BCUT2D eigenvalue weighted by Gasteiger charge is -2.19. The van der Waals surface area contributed by atoms with Crippen molar-refractivity contribution < 1.29 is 19.4 Å². The van der Waals surface area contributed by atoms with Crippen molar-refractivity contribution in [3.8, 4) is 0 Å². The second kappa shape index (κ2) is 5.07. The third-order valence-corrected chi connectivity index (χ3v) is 1.92. The van der Waals surface area contributed by atoms with E-state index in [-0.39, 0.29) is 12.4 Å². The van der Waals surface area contributed by atoms with Crippen LogP contribution in [0.25, 0.3) is 0 Å². The zero-order chi connectivity index (χ0) is 13.9. The van der Waals surface area contributed by atoms with E-state index in [1.165, 1.54) is 4.68 Å². The van der Waals surface area contributed by atoms with Gasteiger partial charge in [-0.25, -0.2) is 4.79 Å². The summed E-state index contributed by atoms with van der Waals surface area (Å²) >= 11 is 0. The van der Waals surface area contributed by atoms with E-state index in [1.54, 1.807) is 33.8 Å². The van der Waals surface area contributed by atoms with Crippen LogP contribution in [0.15, 0.2) is 6.07 Å². The Morgan fingerprint density at radius 2 is 2.11 bits per heavy atom. The number of hydrogen-bond donors (Lipinski definition) is 2. The van der Waals surface area contributed by atoms with E-state index < -0.39 is 17.7 Å². The first-order chi connectivity index (χ1) is 8.17. The monoisotopic (exact) mass is 255 g/mol. The maximum Gasteiger partial charge on any atom is 0.410 e. The van der Waals surface area contributed by atoms with Gasteiger partial charge in [0.25, 0.3) is 0 Å². The SMILES string of the molecule is Cc1cc(NC(=O)O)nn1CC(=O)OC(C)(C)C. The summed E-state index contributed by atoms with van der Waals surface area (Å²) in [5, 5.41) is 14.6. The first-order valence-corrected chi connectivity index (χ1v) is 5.43. The van der Waals surface area contributed by atoms with Crippen LogP contribution >= 0.6 is 0 Å². The maximum absolute atomic E-state index is 11.6. The molecule has 0 fully saturated rings. The Bertz CT molecular complexity index is 459. The summed E-state index contributed by atoms with van der Waals surface area (Å²) < 4.78 is 6.54. The quantitative estimate of drug-likeness (QED) is 0.800. The molecule has 0 saturated heterocycles. The van der Waals surface area contributed by atoms with Gasteiger partial charge in [-0.3, -0.25) is 14.8 Å². The number of anilines is 1. The molecular weight excluding hydrogens is 238 g/mol. The lowest BCUT2D eigenvalue weighted by Crippen LogP contribution is -2.27. The lowest BCUT2D eigenvalue weighted by atomic mass is 10.2. The van der Waals surface area contributed by atoms with Gasteiger partial charge in [-0.05, 0) is 27.7 Å². The smallest absolute Gasteiger partial charge is 0.410 e. The minimum Gasteiger partial charge on any atom is -0.465 e. The van der Waals surface area contributed by atoms with Gasteiger partial charge >= 0.3 is 12.1 Å². The van der Waals surface area contributed by atoms with Crippen LogP contribution in [-0.2, 0) is 16.1 Å². The number of amides is 1. The van der Waals surface area contributed by atoms with Gasteiger partial charge in [0.05, 0.1) is 0 Å². The molecule has 0 bridgehead atoms. The molecule has 1 rings (SSSR count). The molecule has 2 N–H and O–H groups in total. The van der Waals surface area contributed by atoms with E-state index in [0.717, 1.165) is 0 Å². The van der Waals surface area contributed by atoms with Crippen molar-refractivity contribution in [1.82, 2.24) is 9.78 Å². The minimum absolute atomic E-state index is 0.0512. The molecule has 1 amide bonds. The van der Waals surface area contributed by atoms with E-state index in [1.807, 2.05) is 0 Å². The molecule has 1 aromatic rings. The highest BCUT2D eigenvalue weighted by atomic mass is 16.6. The number of hydrogen-bond acceptors (Lipinski definition) is 4. The standard InChI is InChI=1S/C11H17N3O4/c1-7-5-8(12-10(16)17)13-14(7)6-9(15)18-11(2,3)4/h5H,6H2,1-4H3,(H,12,13)(H,16,17). The zero-order valence-corrected chi connectivity index (χ0v) is 10.9. The second-order valence-corrected chi connectivity index (χ2v) is 4.85. The Morgan fingerprint density at radius 1 is 1.50 bits per heavy atom. The Morgan fingerprint density at radius 3 is 2.61 bits per heavy atom. The van der Waals surface area contributed by atoms with Crippen LogP contribution in [-0.4, -0.2) is 32.6 Å². The van der Waals surface area contributed by atoms with Gasteiger partial charge in [-0.15, -0.1) is 0 Å². The minimum atomic E-state index is -1.20. The van der Waals surface area contributed by atoms with Crippen molar-refractivity contribution >= 4 is 17.9 Å². The third-order valence-electron chi connectivity index (χ3n) is 1.92. The zero-order valence-electron chi connectivity index (χ0n) is 10.9. The van der Waals surface area contributed by atoms with Gasteiger partial charge in [0, 0.05) is 11.8 Å². The Hall–Kier alpha value is -2.05. The van der Waals surface area contributed by atoms with Crippen LogP contribution < -0.4 is 5.32 Å². The van der Waals surface area contributed by atoms with Gasteiger partial charge in [0.1, 0.15) is 12.1 Å². The number of carbonyl (C=O) groups excluding carboxylic acids is 1. The van der Waals surface area contributed by atoms with Gasteiger partial charge in [0.2, 0.25) is 0 Å². The largest absolute Gasteiger partial charge is 0.465 e. The van der Waals surface area contributed by atoms with E-state index in [9.17, 15) is 9.59 Å². The molecule has 0 unspecified atom stereocenters. The van der Waals surface area contributed by atoms with E-state index in [0.29, 0.717) is 5.69 Å². The molecule has 0 spiro atoms. The van der Waals surface area contributed by atoms with Crippen molar-refractivity contribution in [1.29, 1.82) is 0 Å². The highest BCUT2D eigenvalue weighted by Crippen LogP contribution is 2.11. The first-order valence-electron chi connectivity index (χ1n) is 5.43. The molecule has 0 aromatic carbocycles. The van der Waals surface area contributed by atoms with Crippen LogP contribution in [0, 0.1) is 6.92 Å². The summed E-state index contributed by atoms with van der Waals surface area (Å²) in [5.74, 6) is -0.237. The molecule has 18 heavy (non-hydrogen) atoms. The van der Waals surface area contributed by atoms with E-state index >= 15 is 0 Å². The van der Waals surface area contributed by atoms with Crippen molar-refractivity contribution in [2.45, 2.75) is 39.8 Å². The summed E-state index contributed by atoms with van der Waals surface area (Å²) in [6.07, 6.45) is -1.20. The maximum atomic E-state index is 11.6. The summed E-state index contributed by atoms with van der Waals surface area (Å²) in [7, 11) is 0. The summed E-state index contributed by atoms with van der Waals surface area (Å²) in [5.41, 5.74) is 0.116. The number of carboxylic acid groups (broad SMARTS) is 1. The topological polar surface area (TPSA) is 93.5 Å². The number of nitrogens with zero attached hydrogens (tertiary/aromatic N) is 2. The van der Waals surface area contributed by atoms with Gasteiger partial charge in [-0.2, -0.15) is 5.10 Å². The van der Waals surface area contributed by atoms with E-state index in [2.05, 4.69) is 10.4 Å². The van der Waals surface area contributed by atoms with Crippen molar-refractivity contribution in [2.24, 2.45) is 0 Å². The number of nitrogens with one attached hydrogen (secondary N) is 1. The fourth-order valence-electron chi connectivity index (χ4n) is 1.34. The average Bonchev–Trinajstić information content (AvgIpc) is 2.41. The lowest BCUT2D eigenvalue weighted by molar-refractivity contribution is -0.155. The van der Waals surface area contributed by atoms with Crippen molar-refractivity contribution in [2.75, 3.05) is 5.32 Å². The van der Waals surface area contributed by atoms with Crippen LogP contribution in [0.2, 0.25) is 0 Å². The van der Waals surface area contributed by atoms with Gasteiger partial charge in [0.15, 0.2) is 5.82 Å². The summed E-state index contributed by atoms with van der Waals surface area (Å²) in [4.78, 5) is 22.0. The number of ether oxygens (including phenoxy) is 1. The van der Waals surface area contributed by atoms with Crippen LogP contribution in [0.5, 0.6) is 0 Å². The fourth-order valence-corrected chi connectivity index (χ4v) is 1.34. The Balaban J connectivity index is 2.70. The summed E-state index contributed by atoms with van der Waals surface area (Å²) in [6, 6.07) is 1.54. The average molecular weight is 255 g/mol. The first kappa shape index (κ1) is 14.0. The van der Waals surface area contributed by atoms with Crippen molar-refractivity contribution in [3.63, 3.8) is 0 Å². The van der Waals surface area contributed by atoms with Crippen LogP contribution in [0.1, 0.15) is 26.5 Å². The van der Waals surface area contributed by atoms with Crippen molar-refractivity contribution in [3.05, 3.63) is 11.8 Å². The number of rotatable bonds is 3. The molecule has 100 valence electrons. The van der Waals surface area contributed by atoms with Crippen LogP contribution in [0.3, 0.4) is 0 Å². The predicted octanol–water partition coefficient (Wildman–Crippen LogP) is 1.62. The highest BCUT2D eigenvalue weighted by Gasteiger charge is 2.18. The summed E-state index contributed by atoms with van der Waals surface area (Å²) in [6.45, 7) is 7.00. The molecule has 1 heterocycles. The second-order valence-electron chi connectivity index (χ2n) is 4.85. The molecule has 0 radical (unpaired) electrons. The fraction of sp³-hybridized carbons (Fsp3) is 0.545. The molecule has 0 saturated carbocycles. The molecule has 0 aliphatic heterocycles. The number of esters is 1. The molecule has 7 heteroatoms.